The van der Waals surface area contributed by atoms with Gasteiger partial charge in [0.1, 0.15) is 6.67 Å². The second-order valence-electron chi connectivity index (χ2n) is 5.16. The molecule has 0 bridgehead atoms. The van der Waals surface area contributed by atoms with Crippen LogP contribution in [0.2, 0.25) is 0 Å². The first-order valence-corrected chi connectivity index (χ1v) is 7.17. The molecule has 0 aliphatic carbocycles. The lowest BCUT2D eigenvalue weighted by Crippen LogP contribution is -2.56. The third kappa shape index (κ3) is 5.41. The third-order valence-corrected chi connectivity index (χ3v) is 3.68. The highest BCUT2D eigenvalue weighted by Crippen LogP contribution is 2.11. The van der Waals surface area contributed by atoms with E-state index >= 15 is 0 Å². The van der Waals surface area contributed by atoms with Crippen molar-refractivity contribution in [2.24, 2.45) is 0 Å². The number of carbonyl (C=O) groups is 2. The highest BCUT2D eigenvalue weighted by Gasteiger charge is 2.29. The van der Waals surface area contributed by atoms with Crippen molar-refractivity contribution in [2.75, 3.05) is 39.5 Å². The minimum atomic E-state index is -0.552. The second-order valence-corrected chi connectivity index (χ2v) is 5.16. The van der Waals surface area contributed by atoms with Crippen LogP contribution in [0, 0.1) is 0 Å². The molecule has 2 saturated heterocycles. The van der Waals surface area contributed by atoms with Gasteiger partial charge in [-0.2, -0.15) is 0 Å². The molecule has 6 nitrogen and oxygen atoms in total. The molecule has 0 saturated carbocycles. The second kappa shape index (κ2) is 9.17. The van der Waals surface area contributed by atoms with E-state index in [-0.39, 0.29) is 43.3 Å². The maximum atomic E-state index is 12.3. The van der Waals surface area contributed by atoms with Crippen molar-refractivity contribution in [3.8, 4) is 0 Å². The van der Waals surface area contributed by atoms with Gasteiger partial charge in [0.15, 0.2) is 0 Å². The van der Waals surface area contributed by atoms with E-state index in [1.165, 1.54) is 4.90 Å². The summed E-state index contributed by atoms with van der Waals surface area (Å²) in [5.41, 5.74) is 0. The first-order chi connectivity index (χ1) is 9.70. The first-order valence-electron chi connectivity index (χ1n) is 7.17. The molecule has 21 heavy (non-hydrogen) atoms. The fourth-order valence-electron chi connectivity index (χ4n) is 2.57. The van der Waals surface area contributed by atoms with Crippen molar-refractivity contribution in [3.63, 3.8) is 0 Å². The molecule has 0 spiro atoms. The molecule has 2 rings (SSSR count). The van der Waals surface area contributed by atoms with Crippen LogP contribution in [0.4, 0.5) is 4.39 Å². The summed E-state index contributed by atoms with van der Waals surface area (Å²) in [6, 6.07) is -0.542. The average Bonchev–Trinajstić information content (AvgIpc) is 2.94. The lowest BCUT2D eigenvalue weighted by molar-refractivity contribution is -0.138. The van der Waals surface area contributed by atoms with Crippen LogP contribution in [0.15, 0.2) is 0 Å². The number of carbonyl (C=O) groups excluding carboxylic acids is 2. The summed E-state index contributed by atoms with van der Waals surface area (Å²) in [5, 5.41) is 5.80. The van der Waals surface area contributed by atoms with Gasteiger partial charge in [0.2, 0.25) is 11.8 Å². The molecule has 2 atom stereocenters. The zero-order chi connectivity index (χ0) is 14.4. The minimum absolute atomic E-state index is 0. The van der Waals surface area contributed by atoms with E-state index in [9.17, 15) is 14.0 Å². The Bertz CT molecular complexity index is 352. The lowest BCUT2D eigenvalue weighted by Gasteiger charge is -2.32. The van der Waals surface area contributed by atoms with Crippen LogP contribution in [0.25, 0.3) is 0 Å². The predicted molar refractivity (Wildman–Crippen MR) is 78.2 cm³/mol. The molecule has 2 N–H and O–H groups in total. The van der Waals surface area contributed by atoms with Gasteiger partial charge in [0, 0.05) is 32.8 Å². The number of piperazine rings is 1. The van der Waals surface area contributed by atoms with Gasteiger partial charge in [0.25, 0.3) is 0 Å². The summed E-state index contributed by atoms with van der Waals surface area (Å²) in [6.45, 7) is 1.89. The van der Waals surface area contributed by atoms with Crippen molar-refractivity contribution in [2.45, 2.75) is 31.4 Å². The Kier molecular flexibility index (Phi) is 7.92. The van der Waals surface area contributed by atoms with Crippen molar-refractivity contribution in [3.05, 3.63) is 0 Å². The van der Waals surface area contributed by atoms with Gasteiger partial charge in [-0.25, -0.2) is 4.39 Å². The van der Waals surface area contributed by atoms with E-state index < -0.39 is 12.7 Å². The van der Waals surface area contributed by atoms with E-state index in [1.807, 2.05) is 0 Å². The van der Waals surface area contributed by atoms with Crippen molar-refractivity contribution >= 4 is 24.2 Å². The largest absolute Gasteiger partial charge is 0.376 e. The molecule has 2 fully saturated rings. The summed E-state index contributed by atoms with van der Waals surface area (Å²) >= 11 is 0. The number of nitrogens with zero attached hydrogens (tertiary/aromatic N) is 1. The number of halogens is 2. The normalized spacial score (nSPS) is 25.6. The van der Waals surface area contributed by atoms with Crippen molar-refractivity contribution in [1.82, 2.24) is 15.5 Å². The molecule has 2 heterocycles. The summed E-state index contributed by atoms with van der Waals surface area (Å²) in [4.78, 5) is 25.3. The van der Waals surface area contributed by atoms with Crippen LogP contribution in [-0.2, 0) is 14.3 Å². The smallest absolute Gasteiger partial charge is 0.240 e. The van der Waals surface area contributed by atoms with Gasteiger partial charge >= 0.3 is 0 Å². The van der Waals surface area contributed by atoms with E-state index in [0.29, 0.717) is 19.6 Å². The molecular formula is C13H23ClFN3O3. The molecule has 2 amide bonds. The number of rotatable bonds is 6. The number of hydrogen-bond donors (Lipinski definition) is 2. The van der Waals surface area contributed by atoms with E-state index in [2.05, 4.69) is 10.6 Å². The van der Waals surface area contributed by atoms with Crippen LogP contribution < -0.4 is 10.6 Å². The Labute approximate surface area is 130 Å². The molecule has 2 aliphatic heterocycles. The number of nitrogens with one attached hydrogen (secondary N) is 2. The van der Waals surface area contributed by atoms with Crippen LogP contribution in [-0.4, -0.2) is 68.3 Å². The predicted octanol–water partition coefficient (Wildman–Crippen LogP) is -0.137. The Hall–Kier alpha value is -0.920. The van der Waals surface area contributed by atoms with E-state index in [1.54, 1.807) is 0 Å². The molecule has 8 heteroatoms. The molecule has 2 aliphatic rings. The Morgan fingerprint density at radius 1 is 1.52 bits per heavy atom. The molecule has 0 aromatic heterocycles. The SMILES string of the molecule is Cl.O=C(CC1NCCN(CCF)C1=O)NCC1CCCO1. The molecular weight excluding hydrogens is 301 g/mol. The molecule has 0 radical (unpaired) electrons. The molecule has 0 aromatic rings. The van der Waals surface area contributed by atoms with Gasteiger partial charge in [0.05, 0.1) is 18.6 Å². The van der Waals surface area contributed by atoms with Gasteiger partial charge in [-0.3, -0.25) is 9.59 Å². The van der Waals surface area contributed by atoms with Crippen LogP contribution >= 0.6 is 12.4 Å². The van der Waals surface area contributed by atoms with Gasteiger partial charge in [-0.05, 0) is 12.8 Å². The number of hydrogen-bond acceptors (Lipinski definition) is 4. The highest BCUT2D eigenvalue weighted by atomic mass is 35.5. The van der Waals surface area contributed by atoms with E-state index in [4.69, 9.17) is 4.74 Å². The van der Waals surface area contributed by atoms with Crippen LogP contribution in [0.1, 0.15) is 19.3 Å². The van der Waals surface area contributed by atoms with Crippen LogP contribution in [0.3, 0.4) is 0 Å². The summed E-state index contributed by atoms with van der Waals surface area (Å²) in [7, 11) is 0. The van der Waals surface area contributed by atoms with Gasteiger partial charge < -0.3 is 20.3 Å². The average molecular weight is 324 g/mol. The molecule has 0 aromatic carbocycles. The van der Waals surface area contributed by atoms with Crippen molar-refractivity contribution < 1.29 is 18.7 Å². The quantitative estimate of drug-likeness (QED) is 0.714. The minimum Gasteiger partial charge on any atom is -0.376 e. The highest BCUT2D eigenvalue weighted by molar-refractivity contribution is 5.88. The van der Waals surface area contributed by atoms with Gasteiger partial charge in [-0.15, -0.1) is 12.4 Å². The zero-order valence-electron chi connectivity index (χ0n) is 12.0. The number of amides is 2. The fourth-order valence-corrected chi connectivity index (χ4v) is 2.57. The Morgan fingerprint density at radius 3 is 3.00 bits per heavy atom. The Morgan fingerprint density at radius 2 is 2.33 bits per heavy atom. The lowest BCUT2D eigenvalue weighted by atomic mass is 10.1. The standard InChI is InChI=1S/C13H22FN3O3.ClH/c14-3-5-17-6-4-15-11(13(17)19)8-12(18)16-9-10-2-1-7-20-10;/h10-11,15H,1-9H2,(H,16,18);1H. The Balaban J connectivity index is 0.00000220. The number of alkyl halides is 1. The van der Waals surface area contributed by atoms with Gasteiger partial charge in [-0.1, -0.05) is 0 Å². The first kappa shape index (κ1) is 18.1. The fraction of sp³-hybridized carbons (Fsp3) is 0.846. The van der Waals surface area contributed by atoms with Crippen LogP contribution in [0.5, 0.6) is 0 Å². The summed E-state index contributed by atoms with van der Waals surface area (Å²) < 4.78 is 17.7. The molecule has 2 unspecified atom stereocenters. The topological polar surface area (TPSA) is 70.7 Å². The number of ether oxygens (including phenoxy) is 1. The summed E-state index contributed by atoms with van der Waals surface area (Å²) in [5.74, 6) is -0.366. The molecule has 122 valence electrons. The third-order valence-electron chi connectivity index (χ3n) is 3.68. The van der Waals surface area contributed by atoms with E-state index in [0.717, 1.165) is 19.4 Å². The van der Waals surface area contributed by atoms with Crippen molar-refractivity contribution in [1.29, 1.82) is 0 Å². The zero-order valence-corrected chi connectivity index (χ0v) is 12.8. The summed E-state index contributed by atoms with van der Waals surface area (Å²) in [6.07, 6.45) is 2.18. The monoisotopic (exact) mass is 323 g/mol. The maximum absolute atomic E-state index is 12.3. The maximum Gasteiger partial charge on any atom is 0.240 e.